The molecule has 0 radical (unpaired) electrons. The summed E-state index contributed by atoms with van der Waals surface area (Å²) in [7, 11) is 0. The number of carbonyl (C=O) groups is 3. The van der Waals surface area contributed by atoms with Crippen molar-refractivity contribution in [2.45, 2.75) is 58.0 Å². The summed E-state index contributed by atoms with van der Waals surface area (Å²) in [6.07, 6.45) is 3.61. The minimum Gasteiger partial charge on any atom is -0.480 e. The van der Waals surface area contributed by atoms with E-state index in [9.17, 15) is 19.5 Å². The van der Waals surface area contributed by atoms with E-state index in [1.54, 1.807) is 24.3 Å². The van der Waals surface area contributed by atoms with Crippen molar-refractivity contribution in [2.75, 3.05) is 0 Å². The maximum Gasteiger partial charge on any atom is 0.329 e. The smallest absolute Gasteiger partial charge is 0.329 e. The Hall–Kier alpha value is -2.37. The Morgan fingerprint density at radius 1 is 1.16 bits per heavy atom. The van der Waals surface area contributed by atoms with E-state index in [0.29, 0.717) is 30.9 Å². The zero-order chi connectivity index (χ0) is 18.4. The van der Waals surface area contributed by atoms with Crippen molar-refractivity contribution in [2.24, 2.45) is 5.92 Å². The van der Waals surface area contributed by atoms with E-state index in [4.69, 9.17) is 0 Å². The van der Waals surface area contributed by atoms with Crippen molar-refractivity contribution in [3.63, 3.8) is 0 Å². The second-order valence-corrected chi connectivity index (χ2v) is 6.80. The highest BCUT2D eigenvalue weighted by Gasteiger charge is 2.43. The molecular formula is C19H26N2O4. The van der Waals surface area contributed by atoms with Crippen LogP contribution in [-0.2, 0) is 16.1 Å². The molecule has 0 aliphatic heterocycles. The Morgan fingerprint density at radius 2 is 1.76 bits per heavy atom. The first kappa shape index (κ1) is 19.0. The molecule has 1 aliphatic carbocycles. The number of hydrogen-bond donors (Lipinski definition) is 3. The van der Waals surface area contributed by atoms with Gasteiger partial charge >= 0.3 is 5.97 Å². The number of carboxylic acids is 1. The van der Waals surface area contributed by atoms with Crippen molar-refractivity contribution in [1.82, 2.24) is 10.6 Å². The maximum absolute atomic E-state index is 12.5. The molecule has 1 fully saturated rings. The number of nitrogens with one attached hydrogen (secondary N) is 2. The Balaban J connectivity index is 2.04. The van der Waals surface area contributed by atoms with Gasteiger partial charge in [0.1, 0.15) is 5.54 Å². The van der Waals surface area contributed by atoms with E-state index in [2.05, 4.69) is 17.6 Å². The summed E-state index contributed by atoms with van der Waals surface area (Å²) in [4.78, 5) is 35.2. The van der Waals surface area contributed by atoms with Crippen LogP contribution in [-0.4, -0.2) is 28.4 Å². The first-order valence-electron chi connectivity index (χ1n) is 8.75. The highest BCUT2D eigenvalue weighted by Crippen LogP contribution is 2.34. The van der Waals surface area contributed by atoms with Gasteiger partial charge < -0.3 is 15.7 Å². The Bertz CT molecular complexity index is 631. The van der Waals surface area contributed by atoms with E-state index in [0.717, 1.165) is 24.8 Å². The predicted octanol–water partition coefficient (Wildman–Crippen LogP) is 2.48. The zero-order valence-corrected chi connectivity index (χ0v) is 14.8. The molecule has 6 nitrogen and oxygen atoms in total. The number of rotatable bonds is 6. The molecule has 1 saturated carbocycles. The summed E-state index contributed by atoms with van der Waals surface area (Å²) < 4.78 is 0. The molecule has 0 saturated heterocycles. The standard InChI is InChI=1S/C19H26N2O4/c1-3-14-8-10-19(11-9-14,18(24)25)21-17(23)16-6-4-15(5-7-16)12-20-13(2)22/h4-7,14H,3,8-12H2,1-2H3,(H,20,22)(H,21,23)(H,24,25). The second-order valence-electron chi connectivity index (χ2n) is 6.80. The van der Waals surface area contributed by atoms with E-state index in [1.807, 2.05) is 0 Å². The van der Waals surface area contributed by atoms with Gasteiger partial charge in [-0.1, -0.05) is 25.5 Å². The van der Waals surface area contributed by atoms with Crippen molar-refractivity contribution >= 4 is 17.8 Å². The van der Waals surface area contributed by atoms with Gasteiger partial charge in [-0.3, -0.25) is 9.59 Å². The van der Waals surface area contributed by atoms with Gasteiger partial charge in [0.25, 0.3) is 5.91 Å². The quantitative estimate of drug-likeness (QED) is 0.737. The normalized spacial score (nSPS) is 22.9. The first-order chi connectivity index (χ1) is 11.9. The number of carboxylic acid groups (broad SMARTS) is 1. The number of aliphatic carboxylic acids is 1. The van der Waals surface area contributed by atoms with Crippen molar-refractivity contribution in [3.05, 3.63) is 35.4 Å². The van der Waals surface area contributed by atoms with Crippen LogP contribution in [0, 0.1) is 5.92 Å². The largest absolute Gasteiger partial charge is 0.480 e. The van der Waals surface area contributed by atoms with Crippen LogP contribution >= 0.6 is 0 Å². The van der Waals surface area contributed by atoms with Gasteiger partial charge in [-0.05, 0) is 49.3 Å². The van der Waals surface area contributed by atoms with Gasteiger partial charge in [-0.2, -0.15) is 0 Å². The highest BCUT2D eigenvalue weighted by molar-refractivity contribution is 5.98. The lowest BCUT2D eigenvalue weighted by Gasteiger charge is -2.37. The average Bonchev–Trinajstić information content (AvgIpc) is 2.60. The van der Waals surface area contributed by atoms with Crippen LogP contribution < -0.4 is 10.6 Å². The lowest BCUT2D eigenvalue weighted by atomic mass is 9.75. The number of hydrogen-bond acceptors (Lipinski definition) is 3. The van der Waals surface area contributed by atoms with E-state index in [-0.39, 0.29) is 11.8 Å². The van der Waals surface area contributed by atoms with Crippen LogP contribution in [0.4, 0.5) is 0 Å². The molecule has 0 bridgehead atoms. The van der Waals surface area contributed by atoms with Crippen LogP contribution in [0.5, 0.6) is 0 Å². The van der Waals surface area contributed by atoms with Crippen LogP contribution in [0.1, 0.15) is 61.9 Å². The number of benzene rings is 1. The van der Waals surface area contributed by atoms with Gasteiger partial charge in [0.2, 0.25) is 5.91 Å². The monoisotopic (exact) mass is 346 g/mol. The molecule has 0 aromatic heterocycles. The number of carbonyl (C=O) groups excluding carboxylic acids is 2. The summed E-state index contributed by atoms with van der Waals surface area (Å²) in [5, 5.41) is 15.1. The minimum atomic E-state index is -1.17. The average molecular weight is 346 g/mol. The predicted molar refractivity (Wildman–Crippen MR) is 94.0 cm³/mol. The fourth-order valence-electron chi connectivity index (χ4n) is 3.26. The summed E-state index contributed by atoms with van der Waals surface area (Å²) >= 11 is 0. The first-order valence-corrected chi connectivity index (χ1v) is 8.75. The lowest BCUT2D eigenvalue weighted by Crippen LogP contribution is -2.56. The van der Waals surface area contributed by atoms with Gasteiger partial charge in [0.05, 0.1) is 0 Å². The maximum atomic E-state index is 12.5. The molecule has 2 amide bonds. The second kappa shape index (κ2) is 8.14. The molecule has 1 aromatic carbocycles. The molecule has 0 spiro atoms. The number of amides is 2. The van der Waals surface area contributed by atoms with Crippen LogP contribution in [0.25, 0.3) is 0 Å². The van der Waals surface area contributed by atoms with Gasteiger partial charge in [0.15, 0.2) is 0 Å². The molecular weight excluding hydrogens is 320 g/mol. The molecule has 1 aromatic rings. The summed E-state index contributed by atoms with van der Waals surface area (Å²) in [5.74, 6) is -0.911. The fourth-order valence-corrected chi connectivity index (χ4v) is 3.26. The third kappa shape index (κ3) is 4.81. The zero-order valence-electron chi connectivity index (χ0n) is 14.8. The molecule has 136 valence electrons. The highest BCUT2D eigenvalue weighted by atomic mass is 16.4. The third-order valence-corrected chi connectivity index (χ3v) is 5.06. The summed E-state index contributed by atoms with van der Waals surface area (Å²) in [5.41, 5.74) is 0.130. The van der Waals surface area contributed by atoms with Crippen LogP contribution in [0.3, 0.4) is 0 Å². The Kier molecular flexibility index (Phi) is 6.17. The van der Waals surface area contributed by atoms with E-state index in [1.165, 1.54) is 6.92 Å². The Labute approximate surface area is 148 Å². The topological polar surface area (TPSA) is 95.5 Å². The molecule has 0 atom stereocenters. The molecule has 2 rings (SSSR count). The third-order valence-electron chi connectivity index (χ3n) is 5.06. The van der Waals surface area contributed by atoms with Gasteiger partial charge in [-0.15, -0.1) is 0 Å². The summed E-state index contributed by atoms with van der Waals surface area (Å²) in [6.45, 7) is 3.95. The molecule has 0 unspecified atom stereocenters. The van der Waals surface area contributed by atoms with Gasteiger partial charge in [-0.25, -0.2) is 4.79 Å². The minimum absolute atomic E-state index is 0.118. The van der Waals surface area contributed by atoms with Crippen LogP contribution in [0.2, 0.25) is 0 Å². The van der Waals surface area contributed by atoms with E-state index >= 15 is 0 Å². The molecule has 25 heavy (non-hydrogen) atoms. The van der Waals surface area contributed by atoms with Crippen molar-refractivity contribution in [1.29, 1.82) is 0 Å². The molecule has 3 N–H and O–H groups in total. The van der Waals surface area contributed by atoms with E-state index < -0.39 is 11.5 Å². The van der Waals surface area contributed by atoms with Crippen LogP contribution in [0.15, 0.2) is 24.3 Å². The van der Waals surface area contributed by atoms with Crippen molar-refractivity contribution in [3.8, 4) is 0 Å². The van der Waals surface area contributed by atoms with Crippen molar-refractivity contribution < 1.29 is 19.5 Å². The summed E-state index contributed by atoms with van der Waals surface area (Å²) in [6, 6.07) is 6.82. The molecule has 6 heteroatoms. The lowest BCUT2D eigenvalue weighted by molar-refractivity contribution is -0.146. The fraction of sp³-hybridized carbons (Fsp3) is 0.526. The SMILES string of the molecule is CCC1CCC(NC(=O)c2ccc(CNC(C)=O)cc2)(C(=O)O)CC1. The van der Waals surface area contributed by atoms with Gasteiger partial charge in [0, 0.05) is 19.0 Å². The molecule has 1 aliphatic rings. The Morgan fingerprint density at radius 3 is 2.24 bits per heavy atom. The molecule has 0 heterocycles.